The van der Waals surface area contributed by atoms with Crippen LogP contribution in [0.3, 0.4) is 0 Å². The summed E-state index contributed by atoms with van der Waals surface area (Å²) in [5, 5.41) is 0. The molecule has 0 atom stereocenters. The smallest absolute Gasteiger partial charge is 0.170 e. The molecule has 0 aliphatic rings. The lowest BCUT2D eigenvalue weighted by molar-refractivity contribution is 0.111. The molecule has 0 saturated heterocycles. The van der Waals surface area contributed by atoms with Crippen LogP contribution < -0.4 is 4.90 Å². The van der Waals surface area contributed by atoms with Gasteiger partial charge in [0.15, 0.2) is 6.29 Å². The first kappa shape index (κ1) is 7.72. The molecule has 0 fully saturated rings. The van der Waals surface area contributed by atoms with Crippen molar-refractivity contribution in [3.05, 3.63) is 24.0 Å². The van der Waals surface area contributed by atoms with Crippen molar-refractivity contribution in [2.24, 2.45) is 0 Å². The number of aromatic nitrogens is 1. The Balaban J connectivity index is 3.12. The predicted octanol–water partition coefficient (Wildman–Crippen LogP) is 0.960. The van der Waals surface area contributed by atoms with Crippen LogP contribution in [0.5, 0.6) is 0 Å². The van der Waals surface area contributed by atoms with Crippen molar-refractivity contribution in [1.82, 2.24) is 4.98 Å². The summed E-state index contributed by atoms with van der Waals surface area (Å²) in [7, 11) is 3.76. The van der Waals surface area contributed by atoms with E-state index in [0.29, 0.717) is 5.69 Å². The largest absolute Gasteiger partial charge is 0.376 e. The molecule has 0 radical (unpaired) electrons. The molecule has 3 heteroatoms. The molecule has 1 aromatic rings. The maximum Gasteiger partial charge on any atom is 0.170 e. The van der Waals surface area contributed by atoms with Gasteiger partial charge in [0.2, 0.25) is 0 Å². The molecule has 3 nitrogen and oxygen atoms in total. The summed E-state index contributed by atoms with van der Waals surface area (Å²) >= 11 is 0. The van der Waals surface area contributed by atoms with Crippen LogP contribution >= 0.6 is 0 Å². The Labute approximate surface area is 65.7 Å². The molecule has 1 rings (SSSR count). The predicted molar refractivity (Wildman–Crippen MR) is 44.0 cm³/mol. The van der Waals surface area contributed by atoms with Crippen molar-refractivity contribution in [3.63, 3.8) is 0 Å². The Hall–Kier alpha value is -1.38. The van der Waals surface area contributed by atoms with E-state index in [1.165, 1.54) is 0 Å². The molecule has 0 unspecified atom stereocenters. The Kier molecular flexibility index (Phi) is 2.21. The van der Waals surface area contributed by atoms with Gasteiger partial charge in [-0.3, -0.25) is 9.78 Å². The van der Waals surface area contributed by atoms with E-state index in [2.05, 4.69) is 4.98 Å². The van der Waals surface area contributed by atoms with E-state index >= 15 is 0 Å². The monoisotopic (exact) mass is 150 g/mol. The zero-order valence-corrected chi connectivity index (χ0v) is 6.61. The first-order chi connectivity index (χ1) is 5.25. The number of anilines is 1. The fourth-order valence-electron chi connectivity index (χ4n) is 0.878. The third-order valence-electron chi connectivity index (χ3n) is 1.41. The van der Waals surface area contributed by atoms with Crippen LogP contribution in [0, 0.1) is 0 Å². The molecule has 0 spiro atoms. The highest BCUT2D eigenvalue weighted by Gasteiger charge is 2.01. The van der Waals surface area contributed by atoms with Crippen LogP contribution in [0.4, 0.5) is 5.69 Å². The van der Waals surface area contributed by atoms with E-state index in [4.69, 9.17) is 0 Å². The van der Waals surface area contributed by atoms with Gasteiger partial charge in [-0.05, 0) is 12.1 Å². The number of rotatable bonds is 2. The minimum Gasteiger partial charge on any atom is -0.376 e. The van der Waals surface area contributed by atoms with Crippen LogP contribution in [-0.4, -0.2) is 25.4 Å². The second kappa shape index (κ2) is 3.14. The lowest BCUT2D eigenvalue weighted by Gasteiger charge is -2.12. The van der Waals surface area contributed by atoms with Gasteiger partial charge in [0.05, 0.1) is 5.69 Å². The van der Waals surface area contributed by atoms with Gasteiger partial charge >= 0.3 is 0 Å². The first-order valence-electron chi connectivity index (χ1n) is 3.33. The zero-order valence-electron chi connectivity index (χ0n) is 6.61. The van der Waals surface area contributed by atoms with E-state index in [9.17, 15) is 4.79 Å². The average molecular weight is 150 g/mol. The van der Waals surface area contributed by atoms with Crippen LogP contribution in [0.15, 0.2) is 18.3 Å². The van der Waals surface area contributed by atoms with Gasteiger partial charge in [-0.2, -0.15) is 0 Å². The van der Waals surface area contributed by atoms with Crippen LogP contribution in [0.1, 0.15) is 10.5 Å². The molecular formula is C8H10N2O. The third kappa shape index (κ3) is 1.55. The number of carbonyl (C=O) groups excluding carboxylic acids is 1. The normalized spacial score (nSPS) is 9.27. The van der Waals surface area contributed by atoms with Gasteiger partial charge in [-0.15, -0.1) is 0 Å². The van der Waals surface area contributed by atoms with Crippen molar-refractivity contribution >= 4 is 12.0 Å². The highest BCUT2D eigenvalue weighted by atomic mass is 16.1. The molecule has 0 N–H and O–H groups in total. The molecule has 1 aromatic heterocycles. The van der Waals surface area contributed by atoms with Gasteiger partial charge in [0, 0.05) is 20.3 Å². The summed E-state index contributed by atoms with van der Waals surface area (Å²) in [6, 6.07) is 3.67. The number of nitrogens with zero attached hydrogens (tertiary/aromatic N) is 2. The van der Waals surface area contributed by atoms with Crippen molar-refractivity contribution in [2.45, 2.75) is 0 Å². The first-order valence-corrected chi connectivity index (χ1v) is 3.33. The summed E-state index contributed by atoms with van der Waals surface area (Å²) in [6.45, 7) is 0. The number of carbonyl (C=O) groups is 1. The lowest BCUT2D eigenvalue weighted by Crippen LogP contribution is -2.11. The van der Waals surface area contributed by atoms with Crippen molar-refractivity contribution < 1.29 is 4.79 Å². The fourth-order valence-corrected chi connectivity index (χ4v) is 0.878. The second-order valence-corrected chi connectivity index (χ2v) is 2.42. The highest BCUT2D eigenvalue weighted by molar-refractivity contribution is 5.81. The van der Waals surface area contributed by atoms with Crippen LogP contribution in [0.25, 0.3) is 0 Å². The Morgan fingerprint density at radius 2 is 2.27 bits per heavy atom. The molecule has 1 heterocycles. The summed E-state index contributed by atoms with van der Waals surface area (Å²) in [5.74, 6) is 0. The van der Waals surface area contributed by atoms with Gasteiger partial charge < -0.3 is 4.90 Å². The fraction of sp³-hybridized carbons (Fsp3) is 0.250. The van der Waals surface area contributed by atoms with Crippen molar-refractivity contribution in [1.29, 1.82) is 0 Å². The maximum atomic E-state index is 10.4. The maximum absolute atomic E-state index is 10.4. The number of hydrogen-bond acceptors (Lipinski definition) is 3. The van der Waals surface area contributed by atoms with E-state index in [1.54, 1.807) is 6.20 Å². The van der Waals surface area contributed by atoms with Crippen LogP contribution in [0.2, 0.25) is 0 Å². The summed E-state index contributed by atoms with van der Waals surface area (Å²) in [4.78, 5) is 16.2. The Morgan fingerprint density at radius 3 is 2.73 bits per heavy atom. The average Bonchev–Trinajstić information content (AvgIpc) is 2.04. The van der Waals surface area contributed by atoms with Gasteiger partial charge in [-0.1, -0.05) is 0 Å². The zero-order chi connectivity index (χ0) is 8.27. The highest BCUT2D eigenvalue weighted by Crippen LogP contribution is 2.12. The summed E-state index contributed by atoms with van der Waals surface area (Å²) < 4.78 is 0. The van der Waals surface area contributed by atoms with E-state index < -0.39 is 0 Å². The molecule has 0 amide bonds. The van der Waals surface area contributed by atoms with E-state index in [-0.39, 0.29) is 0 Å². The molecule has 58 valence electrons. The quantitative estimate of drug-likeness (QED) is 0.589. The van der Waals surface area contributed by atoms with Crippen molar-refractivity contribution in [2.75, 3.05) is 19.0 Å². The summed E-state index contributed by atoms with van der Waals surface area (Å²) in [6.07, 6.45) is 2.37. The van der Waals surface area contributed by atoms with E-state index in [0.717, 1.165) is 12.0 Å². The molecule has 0 aromatic carbocycles. The summed E-state index contributed by atoms with van der Waals surface area (Å²) in [5.41, 5.74) is 1.33. The molecule has 11 heavy (non-hydrogen) atoms. The minimum absolute atomic E-state index is 0.484. The van der Waals surface area contributed by atoms with E-state index in [1.807, 2.05) is 31.1 Å². The Bertz CT molecular complexity index is 258. The lowest BCUT2D eigenvalue weighted by atomic mass is 10.3. The number of aldehydes is 1. The van der Waals surface area contributed by atoms with Gasteiger partial charge in [0.25, 0.3) is 0 Å². The van der Waals surface area contributed by atoms with Crippen LogP contribution in [-0.2, 0) is 0 Å². The third-order valence-corrected chi connectivity index (χ3v) is 1.41. The minimum atomic E-state index is 0.484. The Morgan fingerprint density at radius 1 is 1.55 bits per heavy atom. The van der Waals surface area contributed by atoms with Gasteiger partial charge in [0.1, 0.15) is 5.69 Å². The SMILES string of the molecule is CN(C)c1cccnc1C=O. The number of hydrogen-bond donors (Lipinski definition) is 0. The standard InChI is InChI=1S/C8H10N2O/c1-10(2)8-4-3-5-9-7(8)6-11/h3-6H,1-2H3. The van der Waals surface area contributed by atoms with Crippen molar-refractivity contribution in [3.8, 4) is 0 Å². The topological polar surface area (TPSA) is 33.2 Å². The number of pyridine rings is 1. The second-order valence-electron chi connectivity index (χ2n) is 2.42. The molecule has 0 saturated carbocycles. The molecule has 0 aliphatic heterocycles. The molecule has 0 aliphatic carbocycles. The molecule has 0 bridgehead atoms. The van der Waals surface area contributed by atoms with Gasteiger partial charge in [-0.25, -0.2) is 0 Å². The molecular weight excluding hydrogens is 140 g/mol.